The van der Waals surface area contributed by atoms with E-state index in [1.54, 1.807) is 24.3 Å². The lowest BCUT2D eigenvalue weighted by atomic mass is 10.2. The van der Waals surface area contributed by atoms with Crippen LogP contribution in [0, 0.1) is 0 Å². The highest BCUT2D eigenvalue weighted by atomic mass is 16.7. The zero-order valence-corrected chi connectivity index (χ0v) is 9.91. The molecule has 0 aliphatic rings. The molecule has 0 radical (unpaired) electrons. The van der Waals surface area contributed by atoms with Crippen LogP contribution >= 0.6 is 0 Å². The fourth-order valence-corrected chi connectivity index (χ4v) is 1.51. The van der Waals surface area contributed by atoms with Crippen LogP contribution in [0.1, 0.15) is 5.56 Å². The maximum Gasteiger partial charge on any atom is 0.513 e. The van der Waals surface area contributed by atoms with Gasteiger partial charge in [0, 0.05) is 6.42 Å². The van der Waals surface area contributed by atoms with Gasteiger partial charge in [0.15, 0.2) is 0 Å². The number of carbonyl (C=O) groups excluding carboxylic acids is 1. The van der Waals surface area contributed by atoms with E-state index in [1.165, 1.54) is 0 Å². The van der Waals surface area contributed by atoms with Crippen molar-refractivity contribution in [3.05, 3.63) is 66.2 Å². The topological polar surface area (TPSA) is 35.5 Å². The first-order valence-electron chi connectivity index (χ1n) is 5.78. The molecule has 3 nitrogen and oxygen atoms in total. The molecule has 0 saturated heterocycles. The second-order valence-electron chi connectivity index (χ2n) is 3.75. The number of para-hydroxylation sites is 1. The molecule has 0 N–H and O–H groups in total. The average molecular weight is 242 g/mol. The van der Waals surface area contributed by atoms with Crippen LogP contribution in [-0.2, 0) is 11.2 Å². The quantitative estimate of drug-likeness (QED) is 0.608. The van der Waals surface area contributed by atoms with Crippen LogP contribution in [0.3, 0.4) is 0 Å². The van der Waals surface area contributed by atoms with E-state index in [2.05, 4.69) is 0 Å². The Morgan fingerprint density at radius 3 is 2.17 bits per heavy atom. The van der Waals surface area contributed by atoms with Gasteiger partial charge in [-0.25, -0.2) is 4.79 Å². The van der Waals surface area contributed by atoms with Crippen molar-refractivity contribution in [2.75, 3.05) is 6.61 Å². The van der Waals surface area contributed by atoms with Crippen LogP contribution in [0.2, 0.25) is 0 Å². The Bertz CT molecular complexity index is 480. The van der Waals surface area contributed by atoms with Crippen molar-refractivity contribution in [2.24, 2.45) is 0 Å². The zero-order valence-electron chi connectivity index (χ0n) is 9.91. The summed E-state index contributed by atoms with van der Waals surface area (Å²) in [6.07, 6.45) is 0.0159. The average Bonchev–Trinajstić information content (AvgIpc) is 2.41. The fourth-order valence-electron chi connectivity index (χ4n) is 1.51. The number of ether oxygens (including phenoxy) is 2. The molecule has 0 saturated carbocycles. The summed E-state index contributed by atoms with van der Waals surface area (Å²) in [4.78, 5) is 11.4. The SMILES string of the molecule is O=C(OCCc1ccccc1)Oc1ccccc1. The van der Waals surface area contributed by atoms with Gasteiger partial charge in [-0.05, 0) is 17.7 Å². The monoisotopic (exact) mass is 242 g/mol. The lowest BCUT2D eigenvalue weighted by molar-refractivity contribution is 0.100. The van der Waals surface area contributed by atoms with Crippen molar-refractivity contribution in [1.82, 2.24) is 0 Å². The van der Waals surface area contributed by atoms with Gasteiger partial charge in [0.1, 0.15) is 5.75 Å². The second-order valence-corrected chi connectivity index (χ2v) is 3.75. The third-order valence-electron chi connectivity index (χ3n) is 2.40. The van der Waals surface area contributed by atoms with Gasteiger partial charge in [-0.15, -0.1) is 0 Å². The van der Waals surface area contributed by atoms with E-state index in [0.717, 1.165) is 5.56 Å². The number of benzene rings is 2. The van der Waals surface area contributed by atoms with Gasteiger partial charge < -0.3 is 9.47 Å². The van der Waals surface area contributed by atoms with Crippen molar-refractivity contribution < 1.29 is 14.3 Å². The molecule has 2 rings (SSSR count). The summed E-state index contributed by atoms with van der Waals surface area (Å²) in [5.74, 6) is 0.488. The van der Waals surface area contributed by atoms with Gasteiger partial charge in [0.05, 0.1) is 6.61 Å². The minimum atomic E-state index is -0.669. The molecular formula is C15H14O3. The van der Waals surface area contributed by atoms with Gasteiger partial charge in [-0.3, -0.25) is 0 Å². The van der Waals surface area contributed by atoms with Gasteiger partial charge >= 0.3 is 6.16 Å². The Morgan fingerprint density at radius 1 is 0.889 bits per heavy atom. The molecule has 0 heterocycles. The fraction of sp³-hybridized carbons (Fsp3) is 0.133. The lowest BCUT2D eigenvalue weighted by Crippen LogP contribution is -2.12. The highest BCUT2D eigenvalue weighted by molar-refractivity contribution is 5.63. The molecule has 0 bridgehead atoms. The molecule has 0 aliphatic heterocycles. The van der Waals surface area contributed by atoms with Crippen LogP contribution in [0.25, 0.3) is 0 Å². The number of rotatable bonds is 4. The predicted molar refractivity (Wildman–Crippen MR) is 68.6 cm³/mol. The Balaban J connectivity index is 1.73. The standard InChI is InChI=1S/C15H14O3/c16-15(18-14-9-5-2-6-10-14)17-12-11-13-7-3-1-4-8-13/h1-10H,11-12H2. The Hall–Kier alpha value is -2.29. The summed E-state index contributed by atoms with van der Waals surface area (Å²) in [6.45, 7) is 0.315. The molecular weight excluding hydrogens is 228 g/mol. The highest BCUT2D eigenvalue weighted by Gasteiger charge is 2.05. The molecule has 0 spiro atoms. The van der Waals surface area contributed by atoms with E-state index in [4.69, 9.17) is 9.47 Å². The molecule has 2 aromatic rings. The van der Waals surface area contributed by atoms with Crippen LogP contribution in [-0.4, -0.2) is 12.8 Å². The van der Waals surface area contributed by atoms with Crippen LogP contribution in [0.5, 0.6) is 5.75 Å². The molecule has 0 atom stereocenters. The van der Waals surface area contributed by atoms with Crippen molar-refractivity contribution >= 4 is 6.16 Å². The smallest absolute Gasteiger partial charge is 0.434 e. The van der Waals surface area contributed by atoms with E-state index in [1.807, 2.05) is 36.4 Å². The van der Waals surface area contributed by atoms with E-state index >= 15 is 0 Å². The van der Waals surface area contributed by atoms with Gasteiger partial charge in [-0.1, -0.05) is 48.5 Å². The van der Waals surface area contributed by atoms with Crippen molar-refractivity contribution in [3.8, 4) is 5.75 Å². The molecule has 0 unspecified atom stereocenters. The largest absolute Gasteiger partial charge is 0.513 e. The zero-order chi connectivity index (χ0) is 12.6. The summed E-state index contributed by atoms with van der Waals surface area (Å²) < 4.78 is 9.98. The van der Waals surface area contributed by atoms with Crippen LogP contribution in [0.4, 0.5) is 4.79 Å². The normalized spacial score (nSPS) is 9.78. The summed E-state index contributed by atoms with van der Waals surface area (Å²) in [6, 6.07) is 18.7. The first-order chi connectivity index (χ1) is 8.84. The van der Waals surface area contributed by atoms with Gasteiger partial charge in [0.2, 0.25) is 0 Å². The van der Waals surface area contributed by atoms with Crippen molar-refractivity contribution in [2.45, 2.75) is 6.42 Å². The molecule has 3 heteroatoms. The van der Waals surface area contributed by atoms with Crippen LogP contribution < -0.4 is 4.74 Å². The van der Waals surface area contributed by atoms with E-state index in [9.17, 15) is 4.79 Å². The minimum Gasteiger partial charge on any atom is -0.434 e. The van der Waals surface area contributed by atoms with Gasteiger partial charge in [0.25, 0.3) is 0 Å². The second kappa shape index (κ2) is 6.45. The summed E-state index contributed by atoms with van der Waals surface area (Å²) >= 11 is 0. The lowest BCUT2D eigenvalue weighted by Gasteiger charge is -2.05. The number of hydrogen-bond acceptors (Lipinski definition) is 3. The predicted octanol–water partition coefficient (Wildman–Crippen LogP) is 3.44. The van der Waals surface area contributed by atoms with Crippen molar-refractivity contribution in [1.29, 1.82) is 0 Å². The summed E-state index contributed by atoms with van der Waals surface area (Å²) in [5.41, 5.74) is 1.13. The maximum absolute atomic E-state index is 11.4. The van der Waals surface area contributed by atoms with Gasteiger partial charge in [-0.2, -0.15) is 0 Å². The number of carbonyl (C=O) groups is 1. The summed E-state index contributed by atoms with van der Waals surface area (Å²) in [7, 11) is 0. The van der Waals surface area contributed by atoms with E-state index < -0.39 is 6.16 Å². The third-order valence-corrected chi connectivity index (χ3v) is 2.40. The minimum absolute atomic E-state index is 0.315. The summed E-state index contributed by atoms with van der Waals surface area (Å²) in [5, 5.41) is 0. The first-order valence-corrected chi connectivity index (χ1v) is 5.78. The Kier molecular flexibility index (Phi) is 4.36. The molecule has 0 amide bonds. The molecule has 0 aliphatic carbocycles. The molecule has 92 valence electrons. The van der Waals surface area contributed by atoms with Crippen molar-refractivity contribution in [3.63, 3.8) is 0 Å². The molecule has 0 fully saturated rings. The third kappa shape index (κ3) is 3.94. The first kappa shape index (κ1) is 12.2. The Labute approximate surface area is 106 Å². The van der Waals surface area contributed by atoms with Crippen LogP contribution in [0.15, 0.2) is 60.7 Å². The maximum atomic E-state index is 11.4. The molecule has 18 heavy (non-hydrogen) atoms. The molecule has 2 aromatic carbocycles. The number of hydrogen-bond donors (Lipinski definition) is 0. The highest BCUT2D eigenvalue weighted by Crippen LogP contribution is 2.09. The molecule has 0 aromatic heterocycles. The Morgan fingerprint density at radius 2 is 1.50 bits per heavy atom. The van der Waals surface area contributed by atoms with E-state index in [0.29, 0.717) is 18.8 Å². The van der Waals surface area contributed by atoms with E-state index in [-0.39, 0.29) is 0 Å².